The molecule has 2 aliphatic heterocycles. The SMILES string of the molecule is Cc1cn(CC(=O)NC2CCN(C[C@H]3CCCO3)CC2)c(=O)[nH]c1=O. The minimum atomic E-state index is -0.558. The van der Waals surface area contributed by atoms with Gasteiger partial charge in [-0.1, -0.05) is 0 Å². The Morgan fingerprint density at radius 3 is 2.76 bits per heavy atom. The lowest BCUT2D eigenvalue weighted by Gasteiger charge is -2.33. The summed E-state index contributed by atoms with van der Waals surface area (Å²) >= 11 is 0. The van der Waals surface area contributed by atoms with Gasteiger partial charge in [-0.05, 0) is 32.6 Å². The molecule has 2 saturated heterocycles. The fraction of sp³-hybridized carbons (Fsp3) is 0.706. The van der Waals surface area contributed by atoms with Crippen molar-refractivity contribution in [1.82, 2.24) is 19.8 Å². The highest BCUT2D eigenvalue weighted by molar-refractivity contribution is 5.76. The smallest absolute Gasteiger partial charge is 0.328 e. The number of piperidine rings is 1. The zero-order chi connectivity index (χ0) is 17.8. The molecular formula is C17H26N4O4. The van der Waals surface area contributed by atoms with Crippen LogP contribution in [0.15, 0.2) is 15.8 Å². The van der Waals surface area contributed by atoms with Crippen LogP contribution in [0.2, 0.25) is 0 Å². The Kier molecular flexibility index (Phi) is 5.70. The number of rotatable bonds is 5. The van der Waals surface area contributed by atoms with Gasteiger partial charge in [-0.3, -0.25) is 19.1 Å². The van der Waals surface area contributed by atoms with Crippen molar-refractivity contribution >= 4 is 5.91 Å². The summed E-state index contributed by atoms with van der Waals surface area (Å²) < 4.78 is 6.91. The van der Waals surface area contributed by atoms with Crippen molar-refractivity contribution in [2.75, 3.05) is 26.2 Å². The molecule has 0 saturated carbocycles. The summed E-state index contributed by atoms with van der Waals surface area (Å²) in [6, 6.07) is 0.132. The van der Waals surface area contributed by atoms with Crippen molar-refractivity contribution in [2.24, 2.45) is 0 Å². The van der Waals surface area contributed by atoms with Gasteiger partial charge in [0.05, 0.1) is 6.10 Å². The van der Waals surface area contributed by atoms with E-state index in [9.17, 15) is 14.4 Å². The van der Waals surface area contributed by atoms with Gasteiger partial charge in [0, 0.05) is 44.0 Å². The molecule has 8 heteroatoms. The molecule has 1 aromatic rings. The Labute approximate surface area is 146 Å². The second kappa shape index (κ2) is 7.97. The second-order valence-electron chi connectivity index (χ2n) is 6.98. The number of H-pyrrole nitrogens is 1. The van der Waals surface area contributed by atoms with E-state index < -0.39 is 11.2 Å². The summed E-state index contributed by atoms with van der Waals surface area (Å²) in [6.07, 6.45) is 5.88. The number of aryl methyl sites for hydroxylation is 1. The molecule has 8 nitrogen and oxygen atoms in total. The van der Waals surface area contributed by atoms with Gasteiger partial charge >= 0.3 is 5.69 Å². The van der Waals surface area contributed by atoms with Gasteiger partial charge in [-0.15, -0.1) is 0 Å². The van der Waals surface area contributed by atoms with E-state index in [0.29, 0.717) is 11.7 Å². The number of amides is 1. The number of hydrogen-bond donors (Lipinski definition) is 2. The standard InChI is InChI=1S/C17H26N4O4/c1-12-9-21(17(24)19-16(12)23)11-15(22)18-13-4-6-20(7-5-13)10-14-3-2-8-25-14/h9,13-14H,2-8,10-11H2,1H3,(H,18,22)(H,19,23,24)/t14-/m1/s1. The van der Waals surface area contributed by atoms with Crippen LogP contribution in [0.25, 0.3) is 0 Å². The van der Waals surface area contributed by atoms with E-state index in [2.05, 4.69) is 15.2 Å². The van der Waals surface area contributed by atoms with E-state index in [1.54, 1.807) is 6.92 Å². The van der Waals surface area contributed by atoms with Gasteiger partial charge in [0.1, 0.15) is 6.54 Å². The maximum atomic E-state index is 12.2. The molecule has 2 aliphatic rings. The minimum absolute atomic E-state index is 0.0768. The first-order valence-corrected chi connectivity index (χ1v) is 8.95. The Bertz CT molecular complexity index is 712. The highest BCUT2D eigenvalue weighted by Gasteiger charge is 2.24. The third kappa shape index (κ3) is 4.79. The molecule has 0 aliphatic carbocycles. The molecule has 1 amide bonds. The molecule has 3 heterocycles. The molecule has 0 spiro atoms. The highest BCUT2D eigenvalue weighted by atomic mass is 16.5. The van der Waals surface area contributed by atoms with E-state index in [1.807, 2.05) is 0 Å². The van der Waals surface area contributed by atoms with Crippen LogP contribution in [0.4, 0.5) is 0 Å². The number of nitrogens with zero attached hydrogens (tertiary/aromatic N) is 2. The van der Waals surface area contributed by atoms with Crippen LogP contribution in [0.3, 0.4) is 0 Å². The topological polar surface area (TPSA) is 96.4 Å². The lowest BCUT2D eigenvalue weighted by Crippen LogP contribution is -2.47. The molecule has 3 rings (SSSR count). The van der Waals surface area contributed by atoms with Crippen molar-refractivity contribution in [2.45, 2.75) is 51.3 Å². The number of carbonyl (C=O) groups is 1. The van der Waals surface area contributed by atoms with Crippen molar-refractivity contribution in [3.05, 3.63) is 32.6 Å². The average molecular weight is 350 g/mol. The summed E-state index contributed by atoms with van der Waals surface area (Å²) in [6.45, 7) is 5.28. The van der Waals surface area contributed by atoms with Crippen LogP contribution < -0.4 is 16.6 Å². The summed E-state index contributed by atoms with van der Waals surface area (Å²) in [5, 5.41) is 2.99. The third-order valence-electron chi connectivity index (χ3n) is 4.94. The largest absolute Gasteiger partial charge is 0.377 e. The predicted octanol–water partition coefficient (Wildman–Crippen LogP) is -0.395. The van der Waals surface area contributed by atoms with Crippen molar-refractivity contribution in [1.29, 1.82) is 0 Å². The van der Waals surface area contributed by atoms with Gasteiger partial charge in [-0.25, -0.2) is 4.79 Å². The Morgan fingerprint density at radius 1 is 1.32 bits per heavy atom. The van der Waals surface area contributed by atoms with Crippen molar-refractivity contribution in [3.63, 3.8) is 0 Å². The number of ether oxygens (including phenoxy) is 1. The molecule has 1 aromatic heterocycles. The highest BCUT2D eigenvalue weighted by Crippen LogP contribution is 2.16. The normalized spacial score (nSPS) is 22.2. The van der Waals surface area contributed by atoms with Crippen LogP contribution >= 0.6 is 0 Å². The summed E-state index contributed by atoms with van der Waals surface area (Å²) in [4.78, 5) is 39.9. The van der Waals surface area contributed by atoms with E-state index in [4.69, 9.17) is 4.74 Å². The van der Waals surface area contributed by atoms with Gasteiger partial charge in [0.25, 0.3) is 5.56 Å². The van der Waals surface area contributed by atoms with Crippen LogP contribution in [-0.2, 0) is 16.1 Å². The van der Waals surface area contributed by atoms with Gasteiger partial charge in [0.15, 0.2) is 0 Å². The molecule has 138 valence electrons. The van der Waals surface area contributed by atoms with Crippen molar-refractivity contribution in [3.8, 4) is 0 Å². The van der Waals surface area contributed by atoms with E-state index in [-0.39, 0.29) is 18.5 Å². The van der Waals surface area contributed by atoms with Crippen LogP contribution in [0, 0.1) is 6.92 Å². The number of carbonyl (C=O) groups excluding carboxylic acids is 1. The summed E-state index contributed by atoms with van der Waals surface area (Å²) in [7, 11) is 0. The number of aromatic nitrogens is 2. The number of hydrogen-bond acceptors (Lipinski definition) is 5. The molecule has 2 N–H and O–H groups in total. The second-order valence-corrected chi connectivity index (χ2v) is 6.98. The molecule has 2 fully saturated rings. The van der Waals surface area contributed by atoms with E-state index >= 15 is 0 Å². The first kappa shape index (κ1) is 17.9. The monoisotopic (exact) mass is 350 g/mol. The maximum absolute atomic E-state index is 12.2. The third-order valence-corrected chi connectivity index (χ3v) is 4.94. The lowest BCUT2D eigenvalue weighted by atomic mass is 10.0. The number of likely N-dealkylation sites (tertiary alicyclic amines) is 1. The van der Waals surface area contributed by atoms with Gasteiger partial charge in [0.2, 0.25) is 5.91 Å². The van der Waals surface area contributed by atoms with Gasteiger partial charge < -0.3 is 15.0 Å². The maximum Gasteiger partial charge on any atom is 0.328 e. The van der Waals surface area contributed by atoms with Crippen molar-refractivity contribution < 1.29 is 9.53 Å². The minimum Gasteiger partial charge on any atom is -0.377 e. The molecule has 0 aromatic carbocycles. The number of nitrogens with one attached hydrogen (secondary N) is 2. The van der Waals surface area contributed by atoms with E-state index in [1.165, 1.54) is 10.8 Å². The Hall–Kier alpha value is -1.93. The first-order valence-electron chi connectivity index (χ1n) is 8.95. The summed E-state index contributed by atoms with van der Waals surface area (Å²) in [5.41, 5.74) is -0.563. The number of aromatic amines is 1. The fourth-order valence-corrected chi connectivity index (χ4v) is 3.50. The molecular weight excluding hydrogens is 324 g/mol. The molecule has 0 unspecified atom stereocenters. The van der Waals surface area contributed by atoms with Crippen LogP contribution in [0.5, 0.6) is 0 Å². The zero-order valence-electron chi connectivity index (χ0n) is 14.6. The quantitative estimate of drug-likeness (QED) is 0.754. The van der Waals surface area contributed by atoms with Crippen LogP contribution in [-0.4, -0.2) is 58.7 Å². The zero-order valence-corrected chi connectivity index (χ0v) is 14.6. The van der Waals surface area contributed by atoms with Gasteiger partial charge in [-0.2, -0.15) is 0 Å². The van der Waals surface area contributed by atoms with E-state index in [0.717, 1.165) is 51.9 Å². The molecule has 25 heavy (non-hydrogen) atoms. The molecule has 0 radical (unpaired) electrons. The molecule has 1 atom stereocenters. The Morgan fingerprint density at radius 2 is 2.08 bits per heavy atom. The Balaban J connectivity index is 1.45. The molecule has 0 bridgehead atoms. The summed E-state index contributed by atoms with van der Waals surface area (Å²) in [5.74, 6) is -0.203. The first-order chi connectivity index (χ1) is 12.0. The van der Waals surface area contributed by atoms with Crippen LogP contribution in [0.1, 0.15) is 31.2 Å². The fourth-order valence-electron chi connectivity index (χ4n) is 3.50. The average Bonchev–Trinajstić information content (AvgIpc) is 3.07. The predicted molar refractivity (Wildman–Crippen MR) is 92.6 cm³/mol. The lowest BCUT2D eigenvalue weighted by molar-refractivity contribution is -0.122.